The molecule has 0 atom stereocenters. The van der Waals surface area contributed by atoms with Crippen molar-refractivity contribution >= 4 is 28.8 Å². The fourth-order valence-electron chi connectivity index (χ4n) is 1.58. The molecule has 0 aliphatic rings. The average molecular weight is 291 g/mol. The summed E-state index contributed by atoms with van der Waals surface area (Å²) in [7, 11) is 0. The molecular formula is C13H10FN3O2S. The number of halogens is 1. The Morgan fingerprint density at radius 3 is 2.70 bits per heavy atom. The number of pyridine rings is 1. The molecule has 0 saturated carbocycles. The molecule has 20 heavy (non-hydrogen) atoms. The highest BCUT2D eigenvalue weighted by Gasteiger charge is 2.10. The second-order valence-corrected chi connectivity index (χ2v) is 4.39. The molecule has 0 aliphatic carbocycles. The maximum atomic E-state index is 13.4. The van der Waals surface area contributed by atoms with Crippen molar-refractivity contribution in [3.05, 3.63) is 63.8 Å². The Morgan fingerprint density at radius 1 is 1.30 bits per heavy atom. The van der Waals surface area contributed by atoms with Gasteiger partial charge in [-0.25, -0.2) is 4.39 Å². The van der Waals surface area contributed by atoms with Gasteiger partial charge >= 0.3 is 0 Å². The Hall–Kier alpha value is -2.54. The van der Waals surface area contributed by atoms with Crippen molar-refractivity contribution in [1.29, 1.82) is 0 Å². The fourth-order valence-corrected chi connectivity index (χ4v) is 1.74. The number of nitrogens with two attached hydrogens (primary N) is 1. The number of carbonyl (C=O) groups is 1. The van der Waals surface area contributed by atoms with E-state index in [2.05, 4.69) is 10.3 Å². The van der Waals surface area contributed by atoms with Crippen LogP contribution in [0.3, 0.4) is 0 Å². The first-order valence-corrected chi connectivity index (χ1v) is 5.97. The molecule has 5 nitrogen and oxygen atoms in total. The number of aromatic amines is 1. The van der Waals surface area contributed by atoms with E-state index in [1.807, 2.05) is 0 Å². The molecule has 1 aromatic carbocycles. The molecule has 0 radical (unpaired) electrons. The quantitative estimate of drug-likeness (QED) is 0.746. The molecule has 0 fully saturated rings. The van der Waals surface area contributed by atoms with E-state index in [1.165, 1.54) is 24.4 Å². The predicted molar refractivity (Wildman–Crippen MR) is 77.3 cm³/mol. The molecule has 0 saturated heterocycles. The highest BCUT2D eigenvalue weighted by Crippen LogP contribution is 2.15. The van der Waals surface area contributed by atoms with Gasteiger partial charge in [0, 0.05) is 29.1 Å². The highest BCUT2D eigenvalue weighted by atomic mass is 32.1. The third-order valence-electron chi connectivity index (χ3n) is 2.53. The molecule has 0 aliphatic heterocycles. The first kappa shape index (κ1) is 13.9. The van der Waals surface area contributed by atoms with Crippen LogP contribution in [0.15, 0.2) is 41.3 Å². The lowest BCUT2D eigenvalue weighted by Crippen LogP contribution is -2.17. The SMILES string of the molecule is NC(=S)c1cc(NC(=O)c2cc[nH]c(=O)c2)ccc1F. The summed E-state index contributed by atoms with van der Waals surface area (Å²) in [6.07, 6.45) is 1.36. The van der Waals surface area contributed by atoms with Gasteiger partial charge in [-0.15, -0.1) is 0 Å². The molecule has 0 spiro atoms. The number of hydrogen-bond donors (Lipinski definition) is 3. The van der Waals surface area contributed by atoms with Gasteiger partial charge < -0.3 is 16.0 Å². The molecule has 1 heterocycles. The number of thiocarbonyl (C=S) groups is 1. The number of rotatable bonds is 3. The van der Waals surface area contributed by atoms with E-state index in [1.54, 1.807) is 0 Å². The van der Waals surface area contributed by atoms with Crippen LogP contribution < -0.4 is 16.6 Å². The third kappa shape index (κ3) is 3.07. The van der Waals surface area contributed by atoms with E-state index < -0.39 is 11.7 Å². The largest absolute Gasteiger partial charge is 0.389 e. The van der Waals surface area contributed by atoms with Crippen molar-refractivity contribution in [2.75, 3.05) is 5.32 Å². The number of benzene rings is 1. The molecule has 2 rings (SSSR count). The van der Waals surface area contributed by atoms with Crippen molar-refractivity contribution in [2.45, 2.75) is 0 Å². The standard InChI is InChI=1S/C13H10FN3O2S/c14-10-2-1-8(6-9(10)12(15)20)17-13(19)7-3-4-16-11(18)5-7/h1-6H,(H2,15,20)(H,16,18)(H,17,19). The van der Waals surface area contributed by atoms with Gasteiger partial charge in [-0.3, -0.25) is 9.59 Å². The maximum absolute atomic E-state index is 13.4. The topological polar surface area (TPSA) is 88.0 Å². The number of aromatic nitrogens is 1. The van der Waals surface area contributed by atoms with E-state index in [0.717, 1.165) is 12.1 Å². The minimum atomic E-state index is -0.563. The summed E-state index contributed by atoms with van der Waals surface area (Å²) in [6.45, 7) is 0. The number of anilines is 1. The van der Waals surface area contributed by atoms with E-state index in [0.29, 0.717) is 5.69 Å². The van der Waals surface area contributed by atoms with Crippen LogP contribution in [0.5, 0.6) is 0 Å². The molecule has 102 valence electrons. The molecule has 2 aromatic rings. The zero-order valence-corrected chi connectivity index (χ0v) is 11.0. The van der Waals surface area contributed by atoms with Crippen molar-refractivity contribution in [2.24, 2.45) is 5.73 Å². The van der Waals surface area contributed by atoms with Gasteiger partial charge in [0.15, 0.2) is 0 Å². The van der Waals surface area contributed by atoms with Crippen LogP contribution in [0.1, 0.15) is 15.9 Å². The van der Waals surface area contributed by atoms with E-state index in [4.69, 9.17) is 18.0 Å². The lowest BCUT2D eigenvalue weighted by atomic mass is 10.1. The molecule has 7 heteroatoms. The van der Waals surface area contributed by atoms with Crippen LogP contribution >= 0.6 is 12.2 Å². The zero-order chi connectivity index (χ0) is 14.7. The summed E-state index contributed by atoms with van der Waals surface area (Å²) >= 11 is 4.71. The minimum Gasteiger partial charge on any atom is -0.389 e. The van der Waals surface area contributed by atoms with Crippen molar-refractivity contribution < 1.29 is 9.18 Å². The number of carbonyl (C=O) groups excluding carboxylic acids is 1. The summed E-state index contributed by atoms with van der Waals surface area (Å²) in [5, 5.41) is 2.53. The monoisotopic (exact) mass is 291 g/mol. The average Bonchev–Trinajstić information content (AvgIpc) is 2.40. The van der Waals surface area contributed by atoms with Crippen LogP contribution in [-0.4, -0.2) is 15.9 Å². The third-order valence-corrected chi connectivity index (χ3v) is 2.75. The van der Waals surface area contributed by atoms with Gasteiger partial charge in [0.2, 0.25) is 5.56 Å². The summed E-state index contributed by atoms with van der Waals surface area (Å²) in [5.74, 6) is -1.05. The van der Waals surface area contributed by atoms with Gasteiger partial charge in [0.25, 0.3) is 5.91 Å². The number of hydrogen-bond acceptors (Lipinski definition) is 3. The van der Waals surface area contributed by atoms with Crippen LogP contribution in [0.25, 0.3) is 0 Å². The maximum Gasteiger partial charge on any atom is 0.255 e. The highest BCUT2D eigenvalue weighted by molar-refractivity contribution is 7.80. The second kappa shape index (κ2) is 5.62. The normalized spacial score (nSPS) is 10.1. The second-order valence-electron chi connectivity index (χ2n) is 3.95. The smallest absolute Gasteiger partial charge is 0.255 e. The Bertz CT molecular complexity index is 742. The summed E-state index contributed by atoms with van der Waals surface area (Å²) in [6, 6.07) is 6.48. The number of amides is 1. The first-order valence-electron chi connectivity index (χ1n) is 5.57. The lowest BCUT2D eigenvalue weighted by molar-refractivity contribution is 0.102. The van der Waals surface area contributed by atoms with Crippen LogP contribution in [0, 0.1) is 5.82 Å². The minimum absolute atomic E-state index is 0.0451. The summed E-state index contributed by atoms with van der Waals surface area (Å²) in [4.78, 5) is 25.3. The number of nitrogens with one attached hydrogen (secondary N) is 2. The van der Waals surface area contributed by atoms with E-state index in [-0.39, 0.29) is 21.7 Å². The Balaban J connectivity index is 2.26. The van der Waals surface area contributed by atoms with Crippen molar-refractivity contribution in [1.82, 2.24) is 4.98 Å². The van der Waals surface area contributed by atoms with E-state index in [9.17, 15) is 14.0 Å². The zero-order valence-electron chi connectivity index (χ0n) is 10.1. The molecule has 0 bridgehead atoms. The van der Waals surface area contributed by atoms with Gasteiger partial charge in [0.05, 0.1) is 0 Å². The van der Waals surface area contributed by atoms with Gasteiger partial charge in [-0.05, 0) is 24.3 Å². The Morgan fingerprint density at radius 2 is 2.05 bits per heavy atom. The van der Waals surface area contributed by atoms with Gasteiger partial charge in [-0.2, -0.15) is 0 Å². The van der Waals surface area contributed by atoms with Crippen LogP contribution in [-0.2, 0) is 0 Å². The molecule has 4 N–H and O–H groups in total. The van der Waals surface area contributed by atoms with Gasteiger partial charge in [-0.1, -0.05) is 12.2 Å². The molecule has 1 amide bonds. The van der Waals surface area contributed by atoms with Crippen LogP contribution in [0.2, 0.25) is 0 Å². The molecule has 0 unspecified atom stereocenters. The van der Waals surface area contributed by atoms with Crippen molar-refractivity contribution in [3.8, 4) is 0 Å². The predicted octanol–water partition coefficient (Wildman–Crippen LogP) is 1.40. The number of H-pyrrole nitrogens is 1. The van der Waals surface area contributed by atoms with Crippen molar-refractivity contribution in [3.63, 3.8) is 0 Å². The first-order chi connectivity index (χ1) is 9.47. The summed E-state index contributed by atoms with van der Waals surface area (Å²) < 4.78 is 13.4. The lowest BCUT2D eigenvalue weighted by Gasteiger charge is -2.07. The Kier molecular flexibility index (Phi) is 3.90. The van der Waals surface area contributed by atoms with Crippen LogP contribution in [0.4, 0.5) is 10.1 Å². The van der Waals surface area contributed by atoms with Gasteiger partial charge in [0.1, 0.15) is 10.8 Å². The molecular weight excluding hydrogens is 281 g/mol. The van der Waals surface area contributed by atoms with E-state index >= 15 is 0 Å². The molecule has 1 aromatic heterocycles. The Labute approximate surface area is 118 Å². The fraction of sp³-hybridized carbons (Fsp3) is 0. The summed E-state index contributed by atoms with van der Waals surface area (Å²) in [5.41, 5.74) is 5.56.